The van der Waals surface area contributed by atoms with Crippen molar-refractivity contribution in [1.82, 2.24) is 9.88 Å². The maximum Gasteiger partial charge on any atom is 0.416 e. The van der Waals surface area contributed by atoms with Gasteiger partial charge in [0.15, 0.2) is 5.13 Å². The van der Waals surface area contributed by atoms with Gasteiger partial charge in [0.25, 0.3) is 0 Å². The molecule has 1 aliphatic rings. The number of nitrogens with zero attached hydrogens (tertiary/aromatic N) is 2. The Hall–Kier alpha value is -1.78. The molecule has 3 rings (SSSR count). The Balaban J connectivity index is 1.64. The average Bonchev–Trinajstić information content (AvgIpc) is 3.18. The lowest BCUT2D eigenvalue weighted by Gasteiger charge is -2.13. The van der Waals surface area contributed by atoms with Gasteiger partial charge in [0, 0.05) is 22.5 Å². The molecule has 1 saturated heterocycles. The van der Waals surface area contributed by atoms with E-state index in [0.717, 1.165) is 23.5 Å². The molecule has 1 aromatic heterocycles. The summed E-state index contributed by atoms with van der Waals surface area (Å²) < 4.78 is 38.6. The highest BCUT2D eigenvalue weighted by Gasteiger charge is 2.31. The van der Waals surface area contributed by atoms with Gasteiger partial charge in [0.05, 0.1) is 17.2 Å². The van der Waals surface area contributed by atoms with Crippen LogP contribution in [0.5, 0.6) is 0 Å². The number of carbonyl (C=O) groups excluding carboxylic acids is 2. The maximum absolute atomic E-state index is 12.9. The van der Waals surface area contributed by atoms with Gasteiger partial charge in [-0.15, -0.1) is 23.1 Å². The molecule has 0 unspecified atom stereocenters. The van der Waals surface area contributed by atoms with Crippen molar-refractivity contribution in [3.05, 3.63) is 45.4 Å². The first-order chi connectivity index (χ1) is 12.7. The smallest absolute Gasteiger partial charge is 0.323 e. The van der Waals surface area contributed by atoms with Crippen LogP contribution in [-0.2, 0) is 22.2 Å². The van der Waals surface area contributed by atoms with Gasteiger partial charge in [0.2, 0.25) is 11.8 Å². The monoisotopic (exact) mass is 435 g/mol. The number of amides is 2. The van der Waals surface area contributed by atoms with Gasteiger partial charge < -0.3 is 10.2 Å². The van der Waals surface area contributed by atoms with Gasteiger partial charge in [-0.3, -0.25) is 9.59 Å². The number of anilines is 1. The minimum atomic E-state index is -4.45. The number of nitrogens with one attached hydrogen (secondary N) is 1. The molecule has 0 radical (unpaired) electrons. The lowest BCUT2D eigenvalue weighted by Crippen LogP contribution is -2.34. The number of benzene rings is 1. The average molecular weight is 436 g/mol. The lowest BCUT2D eigenvalue weighted by atomic mass is 10.1. The van der Waals surface area contributed by atoms with E-state index in [1.807, 2.05) is 0 Å². The number of aromatic nitrogens is 1. The van der Waals surface area contributed by atoms with E-state index in [2.05, 4.69) is 10.3 Å². The quantitative estimate of drug-likeness (QED) is 0.774. The van der Waals surface area contributed by atoms with E-state index in [1.165, 1.54) is 28.9 Å². The number of alkyl halides is 3. The summed E-state index contributed by atoms with van der Waals surface area (Å²) in [5.41, 5.74) is -0.444. The highest BCUT2D eigenvalue weighted by molar-refractivity contribution is 8.00. The molecule has 27 heavy (non-hydrogen) atoms. The molecule has 1 aromatic carbocycles. The van der Waals surface area contributed by atoms with Gasteiger partial charge in [-0.1, -0.05) is 11.6 Å². The number of thiazole rings is 1. The predicted molar refractivity (Wildman–Crippen MR) is 99.0 cm³/mol. The summed E-state index contributed by atoms with van der Waals surface area (Å²) in [5.74, 6) is 0.383. The number of rotatable bonds is 5. The van der Waals surface area contributed by atoms with Crippen molar-refractivity contribution in [3.63, 3.8) is 0 Å². The lowest BCUT2D eigenvalue weighted by molar-refractivity contribution is -0.137. The number of carbonyl (C=O) groups is 2. The van der Waals surface area contributed by atoms with Crippen LogP contribution in [0.1, 0.15) is 16.0 Å². The first kappa shape index (κ1) is 20.0. The van der Waals surface area contributed by atoms with Gasteiger partial charge in [-0.25, -0.2) is 4.98 Å². The molecular formula is C16H13ClF3N3O2S2. The second kappa shape index (κ2) is 8.07. The third-order valence-corrected chi connectivity index (χ3v) is 5.92. The number of thioether (sulfide) groups is 1. The van der Waals surface area contributed by atoms with Crippen molar-refractivity contribution in [3.8, 4) is 0 Å². The summed E-state index contributed by atoms with van der Waals surface area (Å²) in [6.07, 6.45) is -2.80. The van der Waals surface area contributed by atoms with E-state index in [1.54, 1.807) is 0 Å². The molecule has 1 aliphatic heterocycles. The van der Waals surface area contributed by atoms with Gasteiger partial charge in [-0.2, -0.15) is 13.2 Å². The molecule has 1 N–H and O–H groups in total. The molecule has 1 fully saturated rings. The van der Waals surface area contributed by atoms with Crippen LogP contribution in [0.4, 0.5) is 18.3 Å². The molecule has 0 atom stereocenters. The summed E-state index contributed by atoms with van der Waals surface area (Å²) in [4.78, 5) is 29.7. The van der Waals surface area contributed by atoms with Crippen molar-refractivity contribution in [2.24, 2.45) is 0 Å². The van der Waals surface area contributed by atoms with Gasteiger partial charge in [0.1, 0.15) is 6.54 Å². The molecule has 0 bridgehead atoms. The SMILES string of the molecule is O=C(CN1CSCC1=O)Nc1ncc(Cc2cc(C(F)(F)F)ccc2Cl)s1. The first-order valence-electron chi connectivity index (χ1n) is 7.68. The molecule has 0 aliphatic carbocycles. The van der Waals surface area contributed by atoms with E-state index in [9.17, 15) is 22.8 Å². The molecule has 11 heteroatoms. The topological polar surface area (TPSA) is 62.3 Å². The fourth-order valence-electron chi connectivity index (χ4n) is 2.39. The molecule has 2 amide bonds. The summed E-state index contributed by atoms with van der Waals surface area (Å²) in [5, 5.41) is 3.14. The maximum atomic E-state index is 12.9. The minimum absolute atomic E-state index is 0.0554. The molecule has 0 spiro atoms. The Morgan fingerprint density at radius 2 is 2.15 bits per heavy atom. The largest absolute Gasteiger partial charge is 0.416 e. The second-order valence-corrected chi connectivity index (χ2v) is 8.21. The number of halogens is 4. The summed E-state index contributed by atoms with van der Waals surface area (Å²) in [6.45, 7) is -0.0554. The van der Waals surface area contributed by atoms with Crippen molar-refractivity contribution in [1.29, 1.82) is 0 Å². The molecule has 144 valence electrons. The zero-order valence-electron chi connectivity index (χ0n) is 13.7. The van der Waals surface area contributed by atoms with Crippen LogP contribution in [0, 0.1) is 0 Å². The van der Waals surface area contributed by atoms with Crippen LogP contribution in [-0.4, -0.2) is 39.9 Å². The third kappa shape index (κ3) is 5.14. The zero-order chi connectivity index (χ0) is 19.6. The Morgan fingerprint density at radius 3 is 2.81 bits per heavy atom. The fraction of sp³-hybridized carbons (Fsp3) is 0.312. The predicted octanol–water partition coefficient (Wildman–Crippen LogP) is 3.88. The molecule has 0 saturated carbocycles. The van der Waals surface area contributed by atoms with E-state index < -0.39 is 11.7 Å². The number of hydrogen-bond donors (Lipinski definition) is 1. The number of hydrogen-bond acceptors (Lipinski definition) is 5. The van der Waals surface area contributed by atoms with Gasteiger partial charge >= 0.3 is 6.18 Å². The summed E-state index contributed by atoms with van der Waals surface area (Å²) in [7, 11) is 0. The van der Waals surface area contributed by atoms with Gasteiger partial charge in [-0.05, 0) is 23.8 Å². The summed E-state index contributed by atoms with van der Waals surface area (Å²) in [6, 6.07) is 3.16. The van der Waals surface area contributed by atoms with Crippen molar-refractivity contribution < 1.29 is 22.8 Å². The Morgan fingerprint density at radius 1 is 1.37 bits per heavy atom. The van der Waals surface area contributed by atoms with Crippen LogP contribution in [0.15, 0.2) is 24.4 Å². The highest BCUT2D eigenvalue weighted by Crippen LogP contribution is 2.33. The third-order valence-electron chi connectivity index (χ3n) is 3.70. The van der Waals surface area contributed by atoms with Crippen molar-refractivity contribution >= 4 is 51.6 Å². The van der Waals surface area contributed by atoms with Crippen LogP contribution in [0.25, 0.3) is 0 Å². The van der Waals surface area contributed by atoms with Crippen molar-refractivity contribution in [2.75, 3.05) is 23.5 Å². The normalized spacial score (nSPS) is 14.7. The van der Waals surface area contributed by atoms with Crippen LogP contribution < -0.4 is 5.32 Å². The fourth-order valence-corrected chi connectivity index (χ4v) is 4.33. The molecular weight excluding hydrogens is 423 g/mol. The van der Waals surface area contributed by atoms with Crippen LogP contribution >= 0.6 is 34.7 Å². The Bertz CT molecular complexity index is 873. The van der Waals surface area contributed by atoms with Crippen LogP contribution in [0.2, 0.25) is 5.02 Å². The Labute approximate surface area is 165 Å². The molecule has 2 heterocycles. The standard InChI is InChI=1S/C16H13ClF3N3O2S2/c17-12-2-1-10(16(18,19)20)3-9(12)4-11-5-21-15(27-11)22-13(24)6-23-8-26-7-14(23)25/h1-3,5H,4,6-8H2,(H,21,22,24). The second-order valence-electron chi connectivity index (χ2n) is 5.73. The van der Waals surface area contributed by atoms with E-state index in [-0.39, 0.29) is 29.8 Å². The zero-order valence-corrected chi connectivity index (χ0v) is 16.1. The minimum Gasteiger partial charge on any atom is -0.323 e. The van der Waals surface area contributed by atoms with E-state index in [4.69, 9.17) is 11.6 Å². The Kier molecular flexibility index (Phi) is 5.97. The first-order valence-corrected chi connectivity index (χ1v) is 10.0. The van der Waals surface area contributed by atoms with E-state index in [0.29, 0.717) is 27.2 Å². The highest BCUT2D eigenvalue weighted by atomic mass is 35.5. The van der Waals surface area contributed by atoms with Crippen LogP contribution in [0.3, 0.4) is 0 Å². The van der Waals surface area contributed by atoms with Crippen molar-refractivity contribution in [2.45, 2.75) is 12.6 Å². The molecule has 2 aromatic rings. The summed E-state index contributed by atoms with van der Waals surface area (Å²) >= 11 is 8.59. The van der Waals surface area contributed by atoms with E-state index >= 15 is 0 Å². The molecule has 5 nitrogen and oxygen atoms in total.